The first-order valence-corrected chi connectivity index (χ1v) is 19.2. The second kappa shape index (κ2) is 15.6. The van der Waals surface area contributed by atoms with E-state index in [-0.39, 0.29) is 31.8 Å². The van der Waals surface area contributed by atoms with Crippen molar-refractivity contribution in [2.45, 2.75) is 94.6 Å². The van der Waals surface area contributed by atoms with E-state index < -0.39 is 98.6 Å². The zero-order valence-corrected chi connectivity index (χ0v) is 31.7. The molecule has 5 unspecified atom stereocenters. The van der Waals surface area contributed by atoms with Crippen LogP contribution in [0, 0.1) is 5.92 Å². The molecule has 19 heteroatoms. The van der Waals surface area contributed by atoms with E-state index in [1.165, 1.54) is 9.80 Å². The number of likely N-dealkylation sites (tertiary alicyclic amines) is 1. The summed E-state index contributed by atoms with van der Waals surface area (Å²) in [6, 6.07) is 3.80. The number of carbonyl (C=O) groups is 4. The van der Waals surface area contributed by atoms with Crippen molar-refractivity contribution in [3.8, 4) is 5.75 Å². The Hall–Kier alpha value is -3.64. The monoisotopic (exact) mass is 804 g/mol. The Morgan fingerprint density at radius 1 is 1.02 bits per heavy atom. The zero-order valence-electron chi connectivity index (χ0n) is 29.3. The van der Waals surface area contributed by atoms with Gasteiger partial charge in [0.25, 0.3) is 0 Å². The minimum Gasteiger partial charge on any atom is -0.406 e. The number of sulfonamides is 1. The molecule has 3 saturated heterocycles. The number of nitrogens with zero attached hydrogens (tertiary/aromatic N) is 4. The third-order valence-electron chi connectivity index (χ3n) is 9.68. The van der Waals surface area contributed by atoms with Crippen molar-refractivity contribution in [2.24, 2.45) is 11.7 Å². The fourth-order valence-electron chi connectivity index (χ4n) is 6.88. The van der Waals surface area contributed by atoms with E-state index in [2.05, 4.69) is 10.1 Å². The third-order valence-corrected chi connectivity index (χ3v) is 12.3. The van der Waals surface area contributed by atoms with E-state index in [1.54, 1.807) is 52.0 Å². The fraction of sp³-hybridized carbons (Fsp3) is 0.529. The minimum absolute atomic E-state index is 0.0434. The third kappa shape index (κ3) is 8.53. The Labute approximate surface area is 315 Å². The van der Waals surface area contributed by atoms with Crippen molar-refractivity contribution < 1.29 is 45.5 Å². The van der Waals surface area contributed by atoms with Crippen LogP contribution < -0.4 is 15.8 Å². The van der Waals surface area contributed by atoms with Gasteiger partial charge in [0, 0.05) is 36.6 Å². The van der Waals surface area contributed by atoms with Gasteiger partial charge in [0.15, 0.2) is 0 Å². The number of rotatable bonds is 10. The second-order valence-electron chi connectivity index (χ2n) is 13.9. The summed E-state index contributed by atoms with van der Waals surface area (Å²) >= 11 is 12.4. The number of hydrogen-bond acceptors (Lipinski definition) is 8. The SMILES string of the molecule is CC(C)C(N)C(=O)N1CCCC1C(=O)NC1CN(S(=O)(=O)c2ccc(OC(F)(F)F)cc2Cl)C2CN(C(C)C)C(=O)C(Cc3ccc(Cl)cc3)N2C1=O. The van der Waals surface area contributed by atoms with Crippen molar-refractivity contribution >= 4 is 56.9 Å². The lowest BCUT2D eigenvalue weighted by Crippen LogP contribution is -2.76. The molecule has 2 aromatic rings. The highest BCUT2D eigenvalue weighted by molar-refractivity contribution is 7.89. The van der Waals surface area contributed by atoms with E-state index in [0.717, 1.165) is 21.3 Å². The maximum atomic E-state index is 14.5. The molecule has 4 amide bonds. The molecule has 0 spiro atoms. The number of alkyl halides is 3. The summed E-state index contributed by atoms with van der Waals surface area (Å²) in [6.45, 7) is 6.37. The number of nitrogens with one attached hydrogen (secondary N) is 1. The molecule has 3 fully saturated rings. The van der Waals surface area contributed by atoms with Crippen LogP contribution in [0.2, 0.25) is 10.0 Å². The van der Waals surface area contributed by atoms with Gasteiger partial charge in [-0.3, -0.25) is 19.2 Å². The van der Waals surface area contributed by atoms with Crippen LogP contribution in [0.3, 0.4) is 0 Å². The van der Waals surface area contributed by atoms with Crippen molar-refractivity contribution in [1.29, 1.82) is 0 Å². The summed E-state index contributed by atoms with van der Waals surface area (Å²) in [5.41, 5.74) is 6.72. The molecule has 0 saturated carbocycles. The molecule has 0 aromatic heterocycles. The van der Waals surface area contributed by atoms with Gasteiger partial charge in [0.2, 0.25) is 33.7 Å². The summed E-state index contributed by atoms with van der Waals surface area (Å²) in [5.74, 6) is -3.34. The van der Waals surface area contributed by atoms with Crippen molar-refractivity contribution in [3.63, 3.8) is 0 Å². The average Bonchev–Trinajstić information content (AvgIpc) is 3.56. The Balaban J connectivity index is 1.57. The van der Waals surface area contributed by atoms with Crippen molar-refractivity contribution in [2.75, 3.05) is 19.6 Å². The van der Waals surface area contributed by atoms with Gasteiger partial charge in [-0.2, -0.15) is 4.31 Å². The molecular weight excluding hydrogens is 764 g/mol. The fourth-order valence-corrected chi connectivity index (χ4v) is 9.11. The lowest BCUT2D eigenvalue weighted by atomic mass is 9.96. The topological polar surface area (TPSA) is 163 Å². The van der Waals surface area contributed by atoms with E-state index in [1.807, 2.05) is 0 Å². The predicted octanol–water partition coefficient (Wildman–Crippen LogP) is 3.37. The van der Waals surface area contributed by atoms with E-state index in [4.69, 9.17) is 28.9 Å². The minimum atomic E-state index is -5.07. The molecule has 3 aliphatic heterocycles. The molecular formula is C34H41Cl2F3N6O7S. The molecule has 3 N–H and O–H groups in total. The number of hydrogen-bond donors (Lipinski definition) is 2. The van der Waals surface area contributed by atoms with Crippen LogP contribution >= 0.6 is 23.2 Å². The number of halogens is 5. The van der Waals surface area contributed by atoms with Gasteiger partial charge >= 0.3 is 6.36 Å². The zero-order chi connectivity index (χ0) is 39.2. The van der Waals surface area contributed by atoms with Crippen LogP contribution in [0.15, 0.2) is 47.4 Å². The van der Waals surface area contributed by atoms with Crippen LogP contribution in [0.25, 0.3) is 0 Å². The second-order valence-corrected chi connectivity index (χ2v) is 16.6. The van der Waals surface area contributed by atoms with Crippen LogP contribution in [-0.4, -0.2) is 113 Å². The number of carbonyl (C=O) groups excluding carboxylic acids is 4. The Kier molecular flexibility index (Phi) is 11.9. The molecule has 2 aromatic carbocycles. The number of nitrogens with two attached hydrogens (primary N) is 1. The maximum absolute atomic E-state index is 14.5. The van der Waals surface area contributed by atoms with Crippen LogP contribution in [0.1, 0.15) is 46.1 Å². The van der Waals surface area contributed by atoms with Gasteiger partial charge in [0.1, 0.15) is 34.9 Å². The van der Waals surface area contributed by atoms with E-state index in [9.17, 15) is 40.8 Å². The first-order valence-electron chi connectivity index (χ1n) is 17.0. The lowest BCUT2D eigenvalue weighted by molar-refractivity contribution is -0.274. The summed E-state index contributed by atoms with van der Waals surface area (Å²) in [7, 11) is -4.77. The standard InChI is InChI=1S/C34H41Cl2F3N6O7S/c1-18(2)29(40)33(49)42-13-5-6-25(42)30(46)41-24-16-44(53(50,51)27-12-11-22(15-23(27)36)52-34(37,38)39)28-17-43(19(3)4)32(48)26(45(28)31(24)47)14-20-7-9-21(35)10-8-20/h7-12,15,18-19,24-26,28-29H,5-6,13-14,16-17,40H2,1-4H3,(H,41,46). The lowest BCUT2D eigenvalue weighted by Gasteiger charge is -2.54. The summed E-state index contributed by atoms with van der Waals surface area (Å²) in [5, 5.41) is 2.48. The van der Waals surface area contributed by atoms with Gasteiger partial charge in [0.05, 0.1) is 17.6 Å². The highest BCUT2D eigenvalue weighted by Crippen LogP contribution is 2.36. The highest BCUT2D eigenvalue weighted by atomic mass is 35.5. The highest BCUT2D eigenvalue weighted by Gasteiger charge is 2.55. The number of amides is 4. The summed E-state index contributed by atoms with van der Waals surface area (Å²) < 4.78 is 72.7. The van der Waals surface area contributed by atoms with Crippen LogP contribution in [-0.2, 0) is 35.6 Å². The molecule has 3 aliphatic rings. The Bertz CT molecular complexity index is 1850. The molecule has 0 radical (unpaired) electrons. The molecule has 5 atom stereocenters. The quantitative estimate of drug-likeness (QED) is 0.370. The smallest absolute Gasteiger partial charge is 0.406 e. The molecule has 3 heterocycles. The van der Waals surface area contributed by atoms with Gasteiger partial charge in [-0.05, 0) is 62.4 Å². The number of piperazine rings is 1. The Morgan fingerprint density at radius 2 is 1.68 bits per heavy atom. The molecule has 53 heavy (non-hydrogen) atoms. The van der Waals surface area contributed by atoms with Crippen molar-refractivity contribution in [1.82, 2.24) is 24.3 Å². The van der Waals surface area contributed by atoms with Gasteiger partial charge in [-0.15, -0.1) is 13.2 Å². The largest absolute Gasteiger partial charge is 0.573 e. The molecule has 13 nitrogen and oxygen atoms in total. The average molecular weight is 806 g/mol. The Morgan fingerprint density at radius 3 is 2.26 bits per heavy atom. The molecule has 0 aliphatic carbocycles. The maximum Gasteiger partial charge on any atom is 0.573 e. The molecule has 290 valence electrons. The predicted molar refractivity (Wildman–Crippen MR) is 188 cm³/mol. The van der Waals surface area contributed by atoms with E-state index >= 15 is 0 Å². The van der Waals surface area contributed by atoms with Crippen LogP contribution in [0.5, 0.6) is 5.75 Å². The molecule has 0 bridgehead atoms. The first-order chi connectivity index (χ1) is 24.7. The summed E-state index contributed by atoms with van der Waals surface area (Å²) in [4.78, 5) is 59.0. The van der Waals surface area contributed by atoms with E-state index in [0.29, 0.717) is 23.1 Å². The van der Waals surface area contributed by atoms with Gasteiger partial charge in [-0.1, -0.05) is 49.2 Å². The van der Waals surface area contributed by atoms with Gasteiger partial charge < -0.3 is 30.5 Å². The molecule has 5 rings (SSSR count). The van der Waals surface area contributed by atoms with Crippen molar-refractivity contribution in [3.05, 3.63) is 58.1 Å². The normalized spacial score (nSPS) is 23.4. The first kappa shape index (κ1) is 40.5. The number of ether oxygens (including phenoxy) is 1. The van der Waals surface area contributed by atoms with Gasteiger partial charge in [-0.25, -0.2) is 8.42 Å². The number of fused-ring (bicyclic) bond motifs is 1. The van der Waals surface area contributed by atoms with Crippen LogP contribution in [0.4, 0.5) is 13.2 Å². The summed E-state index contributed by atoms with van der Waals surface area (Å²) in [6.07, 6.45) is -5.68. The number of benzene rings is 2.